The summed E-state index contributed by atoms with van der Waals surface area (Å²) in [7, 11) is 0. The van der Waals surface area contributed by atoms with Gasteiger partial charge in [-0.2, -0.15) is 0 Å². The van der Waals surface area contributed by atoms with Crippen LogP contribution in [0.2, 0.25) is 0 Å². The van der Waals surface area contributed by atoms with Gasteiger partial charge in [0.15, 0.2) is 0 Å². The van der Waals surface area contributed by atoms with Crippen LogP contribution in [0.25, 0.3) is 0 Å². The molecule has 0 aliphatic rings. The van der Waals surface area contributed by atoms with Crippen LogP contribution in [0.5, 0.6) is 0 Å². The van der Waals surface area contributed by atoms with Crippen LogP contribution in [-0.4, -0.2) is 0 Å². The van der Waals surface area contributed by atoms with E-state index < -0.39 is 0 Å². The van der Waals surface area contributed by atoms with Crippen molar-refractivity contribution in [3.63, 3.8) is 0 Å². The van der Waals surface area contributed by atoms with Crippen molar-refractivity contribution in [3.8, 4) is 0 Å². The van der Waals surface area contributed by atoms with Crippen LogP contribution in [0.1, 0.15) is 0 Å². The molecule has 7 heavy (non-hydrogen) atoms. The summed E-state index contributed by atoms with van der Waals surface area (Å²) in [4.78, 5) is 0. The van der Waals surface area contributed by atoms with Gasteiger partial charge in [-0.1, -0.05) is 0 Å². The third-order valence-corrected chi connectivity index (χ3v) is 0. The monoisotopic (exact) mass is 130 g/mol. The normalized spacial score (nSPS) is 0.857. The van der Waals surface area contributed by atoms with Crippen LogP contribution in [0.15, 0.2) is 0 Å². The third-order valence-electron chi connectivity index (χ3n) is 0. The molecule has 0 saturated carbocycles. The van der Waals surface area contributed by atoms with Gasteiger partial charge in [0.25, 0.3) is 0 Å². The van der Waals surface area contributed by atoms with Gasteiger partial charge < -0.3 is 35.5 Å². The molecule has 0 aromatic rings. The standard InChI is InChI=1S/3CN.Cr/c3*1-2;/q3*-1;+3. The molecule has 0 aromatic heterocycles. The van der Waals surface area contributed by atoms with Crippen LogP contribution in [0.3, 0.4) is 0 Å². The molecular formula is C3CrN3. The molecule has 0 saturated heterocycles. The van der Waals surface area contributed by atoms with E-state index in [-0.39, 0.29) is 17.4 Å². The van der Waals surface area contributed by atoms with Crippen molar-refractivity contribution in [1.82, 2.24) is 0 Å². The molecule has 0 fully saturated rings. The van der Waals surface area contributed by atoms with Crippen molar-refractivity contribution in [2.75, 3.05) is 0 Å². The first-order valence-corrected chi connectivity index (χ1v) is 0.671. The molecule has 1 radical (unpaired) electrons. The molecule has 0 amide bonds. The zero-order valence-electron chi connectivity index (χ0n) is 3.25. The fourth-order valence-electron chi connectivity index (χ4n) is 0. The second-order valence-corrected chi connectivity index (χ2v) is 0. The summed E-state index contributed by atoms with van der Waals surface area (Å²) in [6.45, 7) is 14.2. The maximum absolute atomic E-state index is 6.25. The summed E-state index contributed by atoms with van der Waals surface area (Å²) < 4.78 is 0. The van der Waals surface area contributed by atoms with Crippen LogP contribution in [0, 0.1) is 35.5 Å². The van der Waals surface area contributed by atoms with Crippen LogP contribution >= 0.6 is 0 Å². The Morgan fingerprint density at radius 1 is 0.571 bits per heavy atom. The first-order chi connectivity index (χ1) is 3.00. The van der Waals surface area contributed by atoms with Gasteiger partial charge in [-0.3, -0.25) is 0 Å². The van der Waals surface area contributed by atoms with E-state index in [2.05, 4.69) is 0 Å². The average molecular weight is 130 g/mol. The molecule has 0 bridgehead atoms. The van der Waals surface area contributed by atoms with Gasteiger partial charge in [-0.15, -0.1) is 0 Å². The molecule has 33 valence electrons. The smallest absolute Gasteiger partial charge is 0.512 e. The van der Waals surface area contributed by atoms with E-state index in [1.165, 1.54) is 0 Å². The maximum atomic E-state index is 6.25. The molecule has 0 spiro atoms. The molecule has 4 heteroatoms. The van der Waals surface area contributed by atoms with E-state index in [0.29, 0.717) is 0 Å². The Labute approximate surface area is 53.5 Å². The Balaban J connectivity index is -0.00000000900. The summed E-state index contributed by atoms with van der Waals surface area (Å²) in [6.07, 6.45) is 0. The molecule has 0 heterocycles. The first-order valence-electron chi connectivity index (χ1n) is 0.671. The van der Waals surface area contributed by atoms with Crippen molar-refractivity contribution in [1.29, 1.82) is 15.8 Å². The van der Waals surface area contributed by atoms with E-state index in [9.17, 15) is 0 Å². The minimum absolute atomic E-state index is 0. The molecule has 3 nitrogen and oxygen atoms in total. The van der Waals surface area contributed by atoms with Gasteiger partial charge in [0.2, 0.25) is 0 Å². The Bertz CT molecular complexity index is 38.7. The predicted molar refractivity (Wildman–Crippen MR) is 14.9 cm³/mol. The van der Waals surface area contributed by atoms with E-state index in [1.54, 1.807) is 0 Å². The number of hydrogen-bond donors (Lipinski definition) is 0. The Hall–Kier alpha value is -0.998. The average Bonchev–Trinajstić information content (AvgIpc) is 1.81. The molecular weight excluding hydrogens is 130 g/mol. The fraction of sp³-hybridized carbons (Fsp3) is 0. The zero-order valence-corrected chi connectivity index (χ0v) is 4.52. The number of nitrogens with zero attached hydrogens (tertiary/aromatic N) is 3. The molecule has 0 aliphatic carbocycles. The second kappa shape index (κ2) is 80.5. The van der Waals surface area contributed by atoms with Crippen LogP contribution < -0.4 is 0 Å². The summed E-state index contributed by atoms with van der Waals surface area (Å²) in [5.74, 6) is 0. The van der Waals surface area contributed by atoms with Crippen molar-refractivity contribution in [3.05, 3.63) is 19.7 Å². The second-order valence-electron chi connectivity index (χ2n) is 0. The zero-order chi connectivity index (χ0) is 6.00. The summed E-state index contributed by atoms with van der Waals surface area (Å²) >= 11 is 0. The summed E-state index contributed by atoms with van der Waals surface area (Å²) in [6, 6.07) is 0. The first kappa shape index (κ1) is 37.5. The minimum Gasteiger partial charge on any atom is -0.512 e. The van der Waals surface area contributed by atoms with Gasteiger partial charge in [0, 0.05) is 0 Å². The Kier molecular flexibility index (Phi) is 431. The van der Waals surface area contributed by atoms with Crippen LogP contribution in [0.4, 0.5) is 0 Å². The van der Waals surface area contributed by atoms with E-state index >= 15 is 0 Å². The Morgan fingerprint density at radius 3 is 0.571 bits per heavy atom. The van der Waals surface area contributed by atoms with Gasteiger partial charge in [0.1, 0.15) is 0 Å². The Morgan fingerprint density at radius 2 is 0.571 bits per heavy atom. The minimum atomic E-state index is 0. The number of rotatable bonds is 0. The SMILES string of the molecule is [C-]#N.[C-]#N.[C-]#N.[Cr+3]. The molecule has 0 aliphatic heterocycles. The van der Waals surface area contributed by atoms with Gasteiger partial charge in [0.05, 0.1) is 0 Å². The van der Waals surface area contributed by atoms with E-state index in [4.69, 9.17) is 35.5 Å². The van der Waals surface area contributed by atoms with Crippen LogP contribution in [-0.2, 0) is 17.4 Å². The van der Waals surface area contributed by atoms with E-state index in [1.807, 2.05) is 0 Å². The fourth-order valence-corrected chi connectivity index (χ4v) is 0. The number of hydrogen-bond acceptors (Lipinski definition) is 3. The van der Waals surface area contributed by atoms with Gasteiger partial charge in [-0.25, -0.2) is 0 Å². The summed E-state index contributed by atoms with van der Waals surface area (Å²) in [5.41, 5.74) is 0. The third kappa shape index (κ3) is 45.3. The van der Waals surface area contributed by atoms with E-state index in [0.717, 1.165) is 0 Å². The van der Waals surface area contributed by atoms with Gasteiger partial charge >= 0.3 is 17.4 Å². The molecule has 0 rings (SSSR count). The molecule has 0 atom stereocenters. The quantitative estimate of drug-likeness (QED) is 0.442. The molecule has 0 aromatic carbocycles. The predicted octanol–water partition coefficient (Wildman–Crippen LogP) is 0.287. The van der Waals surface area contributed by atoms with Crippen molar-refractivity contribution in [2.45, 2.75) is 0 Å². The molecule has 0 N–H and O–H groups in total. The van der Waals surface area contributed by atoms with Crippen molar-refractivity contribution < 1.29 is 17.4 Å². The summed E-state index contributed by atoms with van der Waals surface area (Å²) in [5, 5.41) is 18.8. The van der Waals surface area contributed by atoms with Crippen molar-refractivity contribution in [2.24, 2.45) is 0 Å². The molecule has 0 unspecified atom stereocenters. The van der Waals surface area contributed by atoms with Crippen molar-refractivity contribution >= 4 is 0 Å². The van der Waals surface area contributed by atoms with Gasteiger partial charge in [-0.05, 0) is 0 Å². The largest absolute Gasteiger partial charge is 3.00 e. The topological polar surface area (TPSA) is 71.4 Å². The maximum Gasteiger partial charge on any atom is 3.00 e.